The number of hydrogen-bond donors (Lipinski definition) is 1. The number of aliphatic carboxylic acids is 1. The van der Waals surface area contributed by atoms with Crippen molar-refractivity contribution in [3.63, 3.8) is 0 Å². The number of allylic oxidation sites excluding steroid dienone is 12. The third kappa shape index (κ3) is 68.1. The van der Waals surface area contributed by atoms with Crippen LogP contribution in [0.4, 0.5) is 0 Å². The maximum absolute atomic E-state index is 12.9. The van der Waals surface area contributed by atoms with Crippen LogP contribution in [0, 0.1) is 0 Å². The molecule has 0 fully saturated rings. The zero-order valence-electron chi connectivity index (χ0n) is 56.5. The fourth-order valence-electron chi connectivity index (χ4n) is 10.5. The van der Waals surface area contributed by atoms with E-state index in [1.54, 1.807) is 0 Å². The van der Waals surface area contributed by atoms with Gasteiger partial charge in [-0.25, -0.2) is 4.79 Å². The second-order valence-corrected chi connectivity index (χ2v) is 25.5. The molecule has 9 nitrogen and oxygen atoms in total. The summed E-state index contributed by atoms with van der Waals surface area (Å²) in [5.74, 6) is -2.00. The number of hydrogen-bond acceptors (Lipinski definition) is 7. The smallest absolute Gasteiger partial charge is 0.361 e. The molecule has 0 saturated carbocycles. The predicted octanol–water partition coefficient (Wildman–Crippen LogP) is 22.5. The monoisotopic (exact) mass is 1190 g/mol. The number of nitrogens with zero attached hydrogens (tertiary/aromatic N) is 1. The van der Waals surface area contributed by atoms with E-state index < -0.39 is 24.3 Å². The minimum Gasteiger partial charge on any atom is -0.477 e. The van der Waals surface area contributed by atoms with E-state index in [1.807, 2.05) is 21.1 Å². The predicted molar refractivity (Wildman–Crippen MR) is 364 cm³/mol. The molecule has 0 spiro atoms. The normalized spacial score (nSPS) is 13.1. The Labute approximate surface area is 526 Å². The van der Waals surface area contributed by atoms with Gasteiger partial charge in [0.1, 0.15) is 13.2 Å². The van der Waals surface area contributed by atoms with Crippen LogP contribution in [0.25, 0.3) is 0 Å². The Morgan fingerprint density at radius 2 is 0.671 bits per heavy atom. The standard InChI is InChI=1S/C76H137NO8/c1-6-8-10-12-14-16-18-20-22-24-26-28-30-32-34-35-36-37-38-39-41-42-44-46-48-50-52-54-56-58-60-62-64-66-73(78)83-70-72(71-84-76(75(80)81)82-69-68-77(3,4)5)85-74(79)67-65-63-61-59-57-55-53-51-49-47-45-43-40-33-31-29-27-25-23-21-19-17-15-13-11-9-7-2/h9,11,15,17,21,23,27,29,33,40,45,47,72,76H,6-8,10,12-14,16,18-20,22,24-26,28,30-32,34-39,41-44,46,48-71H2,1-5H3/p+1/b11-9-,17-15-,23-21-,29-27-,40-33-,47-45-. The van der Waals surface area contributed by atoms with E-state index in [9.17, 15) is 19.5 Å². The summed E-state index contributed by atoms with van der Waals surface area (Å²) < 4.78 is 23.0. The van der Waals surface area contributed by atoms with Gasteiger partial charge in [-0.3, -0.25) is 9.59 Å². The largest absolute Gasteiger partial charge is 0.477 e. The Morgan fingerprint density at radius 1 is 0.365 bits per heavy atom. The number of ether oxygens (including phenoxy) is 4. The number of rotatable bonds is 67. The molecule has 0 rings (SSSR count). The minimum absolute atomic E-state index is 0.184. The van der Waals surface area contributed by atoms with E-state index in [2.05, 4.69) is 86.8 Å². The molecule has 0 aromatic rings. The highest BCUT2D eigenvalue weighted by Gasteiger charge is 2.25. The lowest BCUT2D eigenvalue weighted by Gasteiger charge is -2.25. The first kappa shape index (κ1) is 81.7. The van der Waals surface area contributed by atoms with Crippen molar-refractivity contribution in [2.24, 2.45) is 0 Å². The molecule has 0 radical (unpaired) electrons. The topological polar surface area (TPSA) is 108 Å². The first-order valence-corrected chi connectivity index (χ1v) is 36.1. The Kier molecular flexibility index (Phi) is 64.1. The summed E-state index contributed by atoms with van der Waals surface area (Å²) in [5, 5.41) is 9.75. The molecule has 85 heavy (non-hydrogen) atoms. The van der Waals surface area contributed by atoms with Crippen molar-refractivity contribution in [3.05, 3.63) is 72.9 Å². The van der Waals surface area contributed by atoms with Crippen molar-refractivity contribution in [2.75, 3.05) is 47.5 Å². The Hall–Kier alpha value is -3.27. The number of quaternary nitrogens is 1. The van der Waals surface area contributed by atoms with Crippen LogP contribution in [0.2, 0.25) is 0 Å². The van der Waals surface area contributed by atoms with Crippen molar-refractivity contribution in [1.82, 2.24) is 0 Å². The van der Waals surface area contributed by atoms with E-state index in [4.69, 9.17) is 18.9 Å². The molecule has 0 aliphatic heterocycles. The molecule has 0 heterocycles. The maximum Gasteiger partial charge on any atom is 0.361 e. The zero-order chi connectivity index (χ0) is 61.9. The van der Waals surface area contributed by atoms with Crippen LogP contribution in [0.1, 0.15) is 335 Å². The van der Waals surface area contributed by atoms with Gasteiger partial charge in [0, 0.05) is 12.8 Å². The van der Waals surface area contributed by atoms with Gasteiger partial charge in [-0.2, -0.15) is 0 Å². The van der Waals surface area contributed by atoms with Crippen LogP contribution in [0.3, 0.4) is 0 Å². The molecule has 0 aromatic heterocycles. The number of unbranched alkanes of at least 4 members (excludes halogenated alkanes) is 40. The highest BCUT2D eigenvalue weighted by Crippen LogP contribution is 2.19. The first-order chi connectivity index (χ1) is 41.6. The van der Waals surface area contributed by atoms with Gasteiger partial charge in [0.2, 0.25) is 0 Å². The summed E-state index contributed by atoms with van der Waals surface area (Å²) in [6, 6.07) is 0. The molecule has 1 N–H and O–H groups in total. The summed E-state index contributed by atoms with van der Waals surface area (Å²) in [5.41, 5.74) is 0. The number of likely N-dealkylation sites (N-methyl/N-ethyl adjacent to an activating group) is 1. The number of carbonyl (C=O) groups excluding carboxylic acids is 2. The summed E-state index contributed by atoms with van der Waals surface area (Å²) >= 11 is 0. The van der Waals surface area contributed by atoms with E-state index >= 15 is 0 Å². The summed E-state index contributed by atoms with van der Waals surface area (Å²) in [7, 11) is 5.98. The van der Waals surface area contributed by atoms with E-state index in [0.29, 0.717) is 23.9 Å². The molecule has 0 saturated heterocycles. The van der Waals surface area contributed by atoms with Gasteiger partial charge in [-0.05, 0) is 64.2 Å². The molecular formula is C76H138NO8+. The minimum atomic E-state index is -1.52. The van der Waals surface area contributed by atoms with Gasteiger partial charge in [0.25, 0.3) is 6.29 Å². The van der Waals surface area contributed by atoms with Crippen LogP contribution in [0.5, 0.6) is 0 Å². The quantitative estimate of drug-likeness (QED) is 0.0211. The lowest BCUT2D eigenvalue weighted by molar-refractivity contribution is -0.870. The third-order valence-electron chi connectivity index (χ3n) is 16.0. The fourth-order valence-corrected chi connectivity index (χ4v) is 10.5. The molecule has 0 aliphatic carbocycles. The van der Waals surface area contributed by atoms with Crippen molar-refractivity contribution in [2.45, 2.75) is 347 Å². The summed E-state index contributed by atoms with van der Waals surface area (Å²) in [4.78, 5) is 37.6. The van der Waals surface area contributed by atoms with Crippen LogP contribution in [-0.4, -0.2) is 87.4 Å². The van der Waals surface area contributed by atoms with Crippen molar-refractivity contribution in [3.8, 4) is 0 Å². The number of carboxylic acids is 1. The molecule has 2 atom stereocenters. The average molecular weight is 1190 g/mol. The Balaban J connectivity index is 4.08. The molecular weight excluding hydrogens is 1050 g/mol. The molecule has 0 bridgehead atoms. The number of carbonyl (C=O) groups is 3. The zero-order valence-corrected chi connectivity index (χ0v) is 56.5. The van der Waals surface area contributed by atoms with E-state index in [1.165, 1.54) is 218 Å². The Bertz CT molecular complexity index is 1620. The average Bonchev–Trinajstić information content (AvgIpc) is 3.48. The maximum atomic E-state index is 12.9. The number of esters is 2. The Morgan fingerprint density at radius 3 is 1.00 bits per heavy atom. The van der Waals surface area contributed by atoms with Crippen LogP contribution < -0.4 is 0 Å². The van der Waals surface area contributed by atoms with Crippen molar-refractivity contribution >= 4 is 17.9 Å². The van der Waals surface area contributed by atoms with E-state index in [-0.39, 0.29) is 32.2 Å². The summed E-state index contributed by atoms with van der Waals surface area (Å²) in [6.07, 6.45) is 86.0. The van der Waals surface area contributed by atoms with Crippen LogP contribution >= 0.6 is 0 Å². The van der Waals surface area contributed by atoms with Crippen LogP contribution in [0.15, 0.2) is 72.9 Å². The lowest BCUT2D eigenvalue weighted by atomic mass is 10.0. The van der Waals surface area contributed by atoms with Gasteiger partial charge in [0.15, 0.2) is 6.10 Å². The molecule has 9 heteroatoms. The third-order valence-corrected chi connectivity index (χ3v) is 16.0. The van der Waals surface area contributed by atoms with Gasteiger partial charge in [0.05, 0.1) is 34.4 Å². The molecule has 494 valence electrons. The molecule has 0 aromatic carbocycles. The second kappa shape index (κ2) is 66.7. The molecule has 0 aliphatic rings. The van der Waals surface area contributed by atoms with Gasteiger partial charge in [-0.1, -0.05) is 331 Å². The van der Waals surface area contributed by atoms with Gasteiger partial charge in [-0.15, -0.1) is 0 Å². The van der Waals surface area contributed by atoms with E-state index in [0.717, 1.165) is 83.5 Å². The highest BCUT2D eigenvalue weighted by atomic mass is 16.7. The summed E-state index contributed by atoms with van der Waals surface area (Å²) in [6.45, 7) is 4.80. The van der Waals surface area contributed by atoms with Gasteiger partial charge < -0.3 is 28.5 Å². The highest BCUT2D eigenvalue weighted by molar-refractivity contribution is 5.71. The number of carboxylic acid groups (broad SMARTS) is 1. The van der Waals surface area contributed by atoms with Crippen molar-refractivity contribution < 1.29 is 42.9 Å². The SMILES string of the molecule is CC/C=C\C/C=C\C/C=C\C/C=C\C/C=C\C/C=C\CCCCCCCCCCC(=O)OC(COC(=O)CCCCCCCCCCCCCCCCCCCCCCCCCCCCCCCCCCC)COC(OCC[N+](C)(C)C)C(=O)O. The van der Waals surface area contributed by atoms with Gasteiger partial charge >= 0.3 is 17.9 Å². The second-order valence-electron chi connectivity index (χ2n) is 25.5. The fraction of sp³-hybridized carbons (Fsp3) is 0.803. The molecule has 0 amide bonds. The first-order valence-electron chi connectivity index (χ1n) is 36.1. The lowest BCUT2D eigenvalue weighted by Crippen LogP contribution is -2.40. The molecule has 2 unspecified atom stereocenters. The van der Waals surface area contributed by atoms with Crippen molar-refractivity contribution in [1.29, 1.82) is 0 Å². The van der Waals surface area contributed by atoms with Crippen LogP contribution in [-0.2, 0) is 33.3 Å².